The summed E-state index contributed by atoms with van der Waals surface area (Å²) in [5.74, 6) is 2.13. The third-order valence-electron chi connectivity index (χ3n) is 8.71. The number of fused-ring (bicyclic) bond motifs is 2. The van der Waals surface area contributed by atoms with Crippen LogP contribution in [0.4, 0.5) is 5.69 Å². The average Bonchev–Trinajstić information content (AvgIpc) is 3.13. The van der Waals surface area contributed by atoms with E-state index in [0.717, 1.165) is 54.8 Å². The van der Waals surface area contributed by atoms with Crippen molar-refractivity contribution in [3.8, 4) is 22.5 Å². The van der Waals surface area contributed by atoms with Crippen LogP contribution in [-0.4, -0.2) is 63.6 Å². The van der Waals surface area contributed by atoms with E-state index in [4.69, 9.17) is 4.42 Å². The largest absolute Gasteiger partial charge is 1.00 e. The normalized spacial score (nSPS) is 12.5. The number of hydrogen-bond donors (Lipinski definition) is 0. The van der Waals surface area contributed by atoms with Crippen LogP contribution in [0.1, 0.15) is 13.8 Å². The van der Waals surface area contributed by atoms with Gasteiger partial charge in [-0.05, 0) is 68.4 Å². The molecule has 1 aliphatic heterocycles. The van der Waals surface area contributed by atoms with Gasteiger partial charge in [-0.15, -0.1) is 23.5 Å². The maximum Gasteiger partial charge on any atom is 1.00 e. The second-order valence-corrected chi connectivity index (χ2v) is 17.0. The molecule has 4 aromatic rings. The summed E-state index contributed by atoms with van der Waals surface area (Å²) in [6.45, 7) is 7.09. The molecule has 1 heterocycles. The van der Waals surface area contributed by atoms with Crippen LogP contribution in [0, 0.1) is 0 Å². The van der Waals surface area contributed by atoms with E-state index in [1.165, 1.54) is 15.9 Å². The second-order valence-electron chi connectivity index (χ2n) is 11.9. The molecule has 1 aliphatic carbocycles. The van der Waals surface area contributed by atoms with Gasteiger partial charge >= 0.3 is 29.6 Å². The van der Waals surface area contributed by atoms with Crippen LogP contribution in [-0.2, 0) is 20.2 Å². The molecule has 0 N–H and O–H groups in total. The topological polar surface area (TPSA) is 134 Å². The van der Waals surface area contributed by atoms with Crippen molar-refractivity contribution in [2.24, 2.45) is 0 Å². The summed E-state index contributed by atoms with van der Waals surface area (Å²) in [5, 5.41) is 1.42. The fourth-order valence-electron chi connectivity index (χ4n) is 6.14. The Hall–Kier alpha value is -3.11. The Labute approximate surface area is 341 Å². The SMILES string of the molecule is CCN(CCSc1ccccc1)c1ccc2c(-c3ccc(S(=O)(=O)[O-])cc3S(=O)(=O)[O-])c3ccc(=[N+](CC)CCSc4ccccc4)cc-3oc2c1.[Na+]. The van der Waals surface area contributed by atoms with Crippen LogP contribution in [0.2, 0.25) is 0 Å². The molecular weight excluding hydrogens is 760 g/mol. The Morgan fingerprint density at radius 1 is 0.717 bits per heavy atom. The zero-order valence-electron chi connectivity index (χ0n) is 29.6. The van der Waals surface area contributed by atoms with Gasteiger partial charge in [0.1, 0.15) is 38.1 Å². The number of benzene rings is 5. The smallest absolute Gasteiger partial charge is 0.744 e. The van der Waals surface area contributed by atoms with Crippen molar-refractivity contribution in [3.63, 3.8) is 0 Å². The molecular formula is C39H37N2NaO7S4. The summed E-state index contributed by atoms with van der Waals surface area (Å²) in [6.07, 6.45) is 0. The molecule has 14 heteroatoms. The van der Waals surface area contributed by atoms with E-state index >= 15 is 0 Å². The van der Waals surface area contributed by atoms with Crippen molar-refractivity contribution in [1.82, 2.24) is 4.58 Å². The van der Waals surface area contributed by atoms with Gasteiger partial charge in [-0.3, -0.25) is 0 Å². The predicted octanol–water partition coefficient (Wildman–Crippen LogP) is 4.22. The molecule has 9 nitrogen and oxygen atoms in total. The summed E-state index contributed by atoms with van der Waals surface area (Å²) in [7, 11) is -10.3. The molecule has 0 saturated carbocycles. The Morgan fingerprint density at radius 3 is 1.96 bits per heavy atom. The van der Waals surface area contributed by atoms with Crippen LogP contribution >= 0.6 is 23.5 Å². The fraction of sp³-hybridized carbons (Fsp3) is 0.205. The van der Waals surface area contributed by atoms with Gasteiger partial charge in [-0.2, -0.15) is 0 Å². The molecule has 0 saturated heterocycles. The number of rotatable bonds is 14. The number of thioether (sulfide) groups is 2. The van der Waals surface area contributed by atoms with Gasteiger partial charge in [0.25, 0.3) is 0 Å². The van der Waals surface area contributed by atoms with Crippen LogP contribution in [0.5, 0.6) is 0 Å². The molecule has 0 aromatic heterocycles. The molecule has 6 rings (SSSR count). The summed E-state index contributed by atoms with van der Waals surface area (Å²) in [5.41, 5.74) is 2.22. The minimum Gasteiger partial charge on any atom is -0.744 e. The molecule has 270 valence electrons. The zero-order valence-corrected chi connectivity index (χ0v) is 34.9. The number of nitrogens with zero attached hydrogens (tertiary/aromatic N) is 2. The summed E-state index contributed by atoms with van der Waals surface area (Å²) in [6, 6.07) is 34.5. The summed E-state index contributed by atoms with van der Waals surface area (Å²) in [4.78, 5) is 2.98. The number of hydrogen-bond acceptors (Lipinski definition) is 10. The zero-order chi connectivity index (χ0) is 36.9. The first-order valence-electron chi connectivity index (χ1n) is 16.7. The van der Waals surface area contributed by atoms with Crippen LogP contribution in [0.3, 0.4) is 0 Å². The molecule has 0 atom stereocenters. The van der Waals surface area contributed by atoms with Crippen molar-refractivity contribution < 1.29 is 59.9 Å². The Balaban J connectivity index is 0.00000541. The van der Waals surface area contributed by atoms with Crippen molar-refractivity contribution in [3.05, 3.63) is 121 Å². The molecule has 0 fully saturated rings. The first-order chi connectivity index (χ1) is 25.0. The second kappa shape index (κ2) is 18.0. The van der Waals surface area contributed by atoms with E-state index in [1.807, 2.05) is 72.8 Å². The van der Waals surface area contributed by atoms with Gasteiger partial charge in [-0.1, -0.05) is 42.5 Å². The molecule has 2 aliphatic rings. The maximum atomic E-state index is 12.7. The minimum absolute atomic E-state index is 0. The Kier molecular flexibility index (Phi) is 14.0. The van der Waals surface area contributed by atoms with Crippen molar-refractivity contribution in [2.45, 2.75) is 33.4 Å². The molecule has 0 amide bonds. The monoisotopic (exact) mass is 796 g/mol. The van der Waals surface area contributed by atoms with Crippen molar-refractivity contribution in [1.29, 1.82) is 0 Å². The van der Waals surface area contributed by atoms with Crippen molar-refractivity contribution >= 4 is 60.4 Å². The van der Waals surface area contributed by atoms with E-state index in [1.54, 1.807) is 23.5 Å². The van der Waals surface area contributed by atoms with Crippen LogP contribution in [0.25, 0.3) is 33.4 Å². The van der Waals surface area contributed by atoms with E-state index in [-0.39, 0.29) is 35.1 Å². The third kappa shape index (κ3) is 9.96. The van der Waals surface area contributed by atoms with E-state index < -0.39 is 30.0 Å². The predicted molar refractivity (Wildman–Crippen MR) is 207 cm³/mol. The standard InChI is InChI=1S/C39H38N2O7S4.Na/c1-3-40(21-23-49-30-11-7-5-8-12-30)28-15-18-33-36(25-28)48-37-26-29(41(4-2)22-24-50-31-13-9-6-10-14-31)16-19-34(37)39(33)35-20-17-32(51(42,43)44)27-38(35)52(45,46)47;/h5-20,25-27H,3-4,21-24H2,1-2H3,(H-,42,43,44,45,46,47);/q;+1/p-1. The Morgan fingerprint density at radius 2 is 1.36 bits per heavy atom. The Bertz CT molecular complexity index is 2460. The summed E-state index contributed by atoms with van der Waals surface area (Å²) < 4.78 is 82.4. The molecule has 4 aromatic carbocycles. The molecule has 0 radical (unpaired) electrons. The van der Waals surface area contributed by atoms with Crippen molar-refractivity contribution in [2.75, 3.05) is 42.6 Å². The van der Waals surface area contributed by atoms with E-state index in [0.29, 0.717) is 33.9 Å². The first kappa shape index (κ1) is 41.1. The van der Waals surface area contributed by atoms with Crippen LogP contribution in [0.15, 0.2) is 139 Å². The van der Waals surface area contributed by atoms with Gasteiger partial charge in [0.2, 0.25) is 5.36 Å². The van der Waals surface area contributed by atoms with E-state index in [2.05, 4.69) is 47.6 Å². The molecule has 0 unspecified atom stereocenters. The quantitative estimate of drug-likeness (QED) is 0.0519. The molecule has 0 bridgehead atoms. The molecule has 53 heavy (non-hydrogen) atoms. The fourth-order valence-corrected chi connectivity index (χ4v) is 9.22. The van der Waals surface area contributed by atoms with Gasteiger partial charge in [-0.25, -0.2) is 21.4 Å². The van der Waals surface area contributed by atoms with Crippen LogP contribution < -0.4 is 44.4 Å². The minimum atomic E-state index is -5.22. The first-order valence-corrected chi connectivity index (χ1v) is 21.5. The van der Waals surface area contributed by atoms with E-state index in [9.17, 15) is 25.9 Å². The average molecular weight is 797 g/mol. The number of anilines is 1. The maximum absolute atomic E-state index is 12.7. The third-order valence-corrected chi connectivity index (χ3v) is 12.4. The van der Waals surface area contributed by atoms with Gasteiger partial charge in [0.05, 0.1) is 21.6 Å². The van der Waals surface area contributed by atoms with Gasteiger partial charge in [0.15, 0.2) is 6.54 Å². The van der Waals surface area contributed by atoms with Gasteiger partial charge < -0.3 is 18.4 Å². The van der Waals surface area contributed by atoms with Gasteiger partial charge in [0, 0.05) is 68.5 Å². The molecule has 0 spiro atoms. The summed E-state index contributed by atoms with van der Waals surface area (Å²) >= 11 is 3.52.